The quantitative estimate of drug-likeness (QED) is 0.581. The molecule has 0 saturated carbocycles. The summed E-state index contributed by atoms with van der Waals surface area (Å²) >= 11 is 0. The van der Waals surface area contributed by atoms with Crippen LogP contribution in [0, 0.1) is 11.3 Å². The average molecular weight is 312 g/mol. The van der Waals surface area contributed by atoms with Crippen LogP contribution in [-0.4, -0.2) is 10.1 Å². The average Bonchev–Trinajstić information content (AvgIpc) is 3.03. The molecule has 3 aromatic carbocycles. The number of phenols is 1. The standard InChI is InChI=1S/C20H12N2O2/c21-12-14-11-18-20(17-4-2-1-3-16(14)17)22-19(24-18)10-7-13-5-8-15(23)9-6-13/h1-11,23H. The minimum atomic E-state index is 0.226. The summed E-state index contributed by atoms with van der Waals surface area (Å²) in [6, 6.07) is 18.5. The van der Waals surface area contributed by atoms with Gasteiger partial charge in [-0.05, 0) is 23.8 Å². The van der Waals surface area contributed by atoms with Crippen LogP contribution in [0.3, 0.4) is 0 Å². The van der Waals surface area contributed by atoms with Crippen molar-refractivity contribution in [3.8, 4) is 11.8 Å². The van der Waals surface area contributed by atoms with Crippen molar-refractivity contribution < 1.29 is 9.52 Å². The van der Waals surface area contributed by atoms with Crippen molar-refractivity contribution in [2.24, 2.45) is 0 Å². The first-order valence-electron chi connectivity index (χ1n) is 7.44. The van der Waals surface area contributed by atoms with E-state index in [-0.39, 0.29) is 5.75 Å². The third-order valence-electron chi connectivity index (χ3n) is 3.85. The minimum absolute atomic E-state index is 0.226. The highest BCUT2D eigenvalue weighted by atomic mass is 16.3. The molecule has 4 nitrogen and oxygen atoms in total. The Hall–Kier alpha value is -3.58. The number of benzene rings is 3. The van der Waals surface area contributed by atoms with Crippen LogP contribution in [0.25, 0.3) is 34.0 Å². The number of phenolic OH excluding ortho intramolecular Hbond substituents is 1. The van der Waals surface area contributed by atoms with E-state index >= 15 is 0 Å². The molecule has 4 rings (SSSR count). The monoisotopic (exact) mass is 312 g/mol. The number of hydrogen-bond acceptors (Lipinski definition) is 4. The maximum Gasteiger partial charge on any atom is 0.220 e. The summed E-state index contributed by atoms with van der Waals surface area (Å²) in [5.74, 6) is 0.697. The Balaban J connectivity index is 1.82. The molecular weight excluding hydrogens is 300 g/mol. The van der Waals surface area contributed by atoms with Gasteiger partial charge in [0.15, 0.2) is 5.58 Å². The number of aromatic nitrogens is 1. The lowest BCUT2D eigenvalue weighted by molar-refractivity contribution is 0.475. The van der Waals surface area contributed by atoms with Crippen LogP contribution in [0.4, 0.5) is 0 Å². The van der Waals surface area contributed by atoms with Gasteiger partial charge in [-0.2, -0.15) is 5.26 Å². The maximum absolute atomic E-state index is 9.33. The molecule has 1 N–H and O–H groups in total. The number of nitrogens with zero attached hydrogens (tertiary/aromatic N) is 2. The van der Waals surface area contributed by atoms with Crippen LogP contribution in [0.2, 0.25) is 0 Å². The molecule has 0 aliphatic heterocycles. The fourth-order valence-corrected chi connectivity index (χ4v) is 2.69. The van der Waals surface area contributed by atoms with E-state index in [0.29, 0.717) is 17.0 Å². The first-order chi connectivity index (χ1) is 11.7. The molecule has 0 bridgehead atoms. The van der Waals surface area contributed by atoms with Crippen molar-refractivity contribution in [3.05, 3.63) is 71.6 Å². The van der Waals surface area contributed by atoms with Gasteiger partial charge in [0, 0.05) is 22.9 Å². The summed E-state index contributed by atoms with van der Waals surface area (Å²) in [7, 11) is 0. The topological polar surface area (TPSA) is 70.0 Å². The van der Waals surface area contributed by atoms with Gasteiger partial charge in [-0.25, -0.2) is 4.98 Å². The summed E-state index contributed by atoms with van der Waals surface area (Å²) in [4.78, 5) is 4.54. The predicted octanol–water partition coefficient (Wildman–Crippen LogP) is 4.73. The summed E-state index contributed by atoms with van der Waals surface area (Å²) < 4.78 is 5.77. The minimum Gasteiger partial charge on any atom is -0.508 e. The van der Waals surface area contributed by atoms with Crippen molar-refractivity contribution in [1.29, 1.82) is 5.26 Å². The molecule has 4 aromatic rings. The number of hydrogen-bond donors (Lipinski definition) is 1. The van der Waals surface area contributed by atoms with Crippen LogP contribution < -0.4 is 0 Å². The Kier molecular flexibility index (Phi) is 3.25. The Morgan fingerprint density at radius 2 is 1.75 bits per heavy atom. The molecule has 24 heavy (non-hydrogen) atoms. The highest BCUT2D eigenvalue weighted by Crippen LogP contribution is 2.29. The predicted molar refractivity (Wildman–Crippen MR) is 93.3 cm³/mol. The van der Waals surface area contributed by atoms with Gasteiger partial charge in [-0.3, -0.25) is 0 Å². The molecule has 1 aromatic heterocycles. The number of oxazole rings is 1. The number of aromatic hydroxyl groups is 1. The van der Waals surface area contributed by atoms with Crippen molar-refractivity contribution in [3.63, 3.8) is 0 Å². The van der Waals surface area contributed by atoms with Crippen molar-refractivity contribution in [1.82, 2.24) is 4.98 Å². The second-order valence-corrected chi connectivity index (χ2v) is 5.41. The van der Waals surface area contributed by atoms with E-state index in [9.17, 15) is 10.4 Å². The van der Waals surface area contributed by atoms with E-state index in [2.05, 4.69) is 11.1 Å². The zero-order valence-corrected chi connectivity index (χ0v) is 12.6. The Morgan fingerprint density at radius 1 is 1.00 bits per heavy atom. The molecule has 0 unspecified atom stereocenters. The van der Waals surface area contributed by atoms with Gasteiger partial charge in [0.25, 0.3) is 0 Å². The SMILES string of the molecule is N#Cc1cc2oc(C=Cc3ccc(O)cc3)nc2c2ccccc12. The zero-order chi connectivity index (χ0) is 16.5. The first-order valence-corrected chi connectivity index (χ1v) is 7.44. The molecule has 0 fully saturated rings. The number of nitriles is 1. The molecule has 0 aliphatic carbocycles. The molecule has 0 radical (unpaired) electrons. The van der Waals surface area contributed by atoms with E-state index in [4.69, 9.17) is 4.42 Å². The van der Waals surface area contributed by atoms with E-state index in [0.717, 1.165) is 21.9 Å². The molecule has 0 spiro atoms. The molecule has 1 heterocycles. The highest BCUT2D eigenvalue weighted by Gasteiger charge is 2.11. The molecule has 0 atom stereocenters. The molecule has 0 saturated heterocycles. The van der Waals surface area contributed by atoms with E-state index in [1.54, 1.807) is 36.4 Å². The summed E-state index contributed by atoms with van der Waals surface area (Å²) in [5, 5.41) is 20.4. The van der Waals surface area contributed by atoms with Gasteiger partial charge in [-0.1, -0.05) is 36.4 Å². The van der Waals surface area contributed by atoms with Crippen LogP contribution in [0.1, 0.15) is 17.0 Å². The molecule has 0 amide bonds. The van der Waals surface area contributed by atoms with E-state index in [1.807, 2.05) is 30.3 Å². The largest absolute Gasteiger partial charge is 0.508 e. The normalized spacial score (nSPS) is 11.3. The molecule has 114 valence electrons. The van der Waals surface area contributed by atoms with Gasteiger partial charge in [-0.15, -0.1) is 0 Å². The molecular formula is C20H12N2O2. The van der Waals surface area contributed by atoms with Crippen molar-refractivity contribution in [2.75, 3.05) is 0 Å². The van der Waals surface area contributed by atoms with Gasteiger partial charge in [0.1, 0.15) is 11.3 Å². The fraction of sp³-hybridized carbons (Fsp3) is 0. The Morgan fingerprint density at radius 3 is 2.50 bits per heavy atom. The third-order valence-corrected chi connectivity index (χ3v) is 3.85. The lowest BCUT2D eigenvalue weighted by atomic mass is 10.0. The summed E-state index contributed by atoms with van der Waals surface area (Å²) in [6.45, 7) is 0. The maximum atomic E-state index is 9.33. The first kappa shape index (κ1) is 14.0. The van der Waals surface area contributed by atoms with Crippen LogP contribution >= 0.6 is 0 Å². The number of fused-ring (bicyclic) bond motifs is 3. The van der Waals surface area contributed by atoms with E-state index < -0.39 is 0 Å². The Labute approximate surface area is 137 Å². The van der Waals surface area contributed by atoms with Crippen LogP contribution in [-0.2, 0) is 0 Å². The van der Waals surface area contributed by atoms with Gasteiger partial charge in [0.2, 0.25) is 5.89 Å². The zero-order valence-electron chi connectivity index (χ0n) is 12.6. The van der Waals surface area contributed by atoms with Gasteiger partial charge < -0.3 is 9.52 Å². The lowest BCUT2D eigenvalue weighted by Crippen LogP contribution is -1.81. The second kappa shape index (κ2) is 5.56. The summed E-state index contributed by atoms with van der Waals surface area (Å²) in [5.41, 5.74) is 2.84. The molecule has 0 aliphatic rings. The summed E-state index contributed by atoms with van der Waals surface area (Å²) in [6.07, 6.45) is 3.63. The van der Waals surface area contributed by atoms with Crippen LogP contribution in [0.5, 0.6) is 5.75 Å². The smallest absolute Gasteiger partial charge is 0.220 e. The molecule has 4 heteroatoms. The Bertz CT molecular complexity index is 1120. The third kappa shape index (κ3) is 2.38. The van der Waals surface area contributed by atoms with Crippen LogP contribution in [0.15, 0.2) is 59.0 Å². The second-order valence-electron chi connectivity index (χ2n) is 5.41. The van der Waals surface area contributed by atoms with Crippen molar-refractivity contribution in [2.45, 2.75) is 0 Å². The lowest BCUT2D eigenvalue weighted by Gasteiger charge is -1.99. The van der Waals surface area contributed by atoms with Gasteiger partial charge in [0.05, 0.1) is 11.6 Å². The van der Waals surface area contributed by atoms with E-state index in [1.165, 1.54) is 0 Å². The number of rotatable bonds is 2. The fourth-order valence-electron chi connectivity index (χ4n) is 2.69. The highest BCUT2D eigenvalue weighted by molar-refractivity contribution is 6.06. The van der Waals surface area contributed by atoms with Crippen molar-refractivity contribution >= 4 is 34.0 Å². The van der Waals surface area contributed by atoms with Gasteiger partial charge >= 0.3 is 0 Å².